The quantitative estimate of drug-likeness (QED) is 0.144. The van der Waals surface area contributed by atoms with Crippen molar-refractivity contribution in [3.8, 4) is 0 Å². The molecular weight excluding hydrogens is 398 g/mol. The lowest BCUT2D eigenvalue weighted by Crippen LogP contribution is -2.38. The van der Waals surface area contributed by atoms with Gasteiger partial charge in [-0.05, 0) is 6.42 Å². The van der Waals surface area contributed by atoms with E-state index >= 15 is 0 Å². The van der Waals surface area contributed by atoms with Gasteiger partial charge < -0.3 is 9.47 Å². The molecule has 0 spiro atoms. The van der Waals surface area contributed by atoms with E-state index < -0.39 is 10.0 Å². The summed E-state index contributed by atoms with van der Waals surface area (Å²) in [5.41, 5.74) is 0. The lowest BCUT2D eigenvalue weighted by molar-refractivity contribution is 0.176. The molecule has 1 aliphatic heterocycles. The summed E-state index contributed by atoms with van der Waals surface area (Å²) in [7, 11) is -1.59. The highest BCUT2D eigenvalue weighted by molar-refractivity contribution is 7.89. The second kappa shape index (κ2) is 18.4. The largest absolute Gasteiger partial charge is 0.383 e. The van der Waals surface area contributed by atoms with Gasteiger partial charge in [0.15, 0.2) is 0 Å². The summed E-state index contributed by atoms with van der Waals surface area (Å²) in [6.45, 7) is 4.29. The lowest BCUT2D eigenvalue weighted by Gasteiger charge is -2.21. The molecule has 1 heterocycles. The van der Waals surface area contributed by atoms with E-state index in [1.54, 1.807) is 11.4 Å². The van der Waals surface area contributed by atoms with E-state index in [4.69, 9.17) is 9.47 Å². The van der Waals surface area contributed by atoms with Crippen LogP contribution in [0.25, 0.3) is 0 Å². The van der Waals surface area contributed by atoms with Crippen molar-refractivity contribution in [2.75, 3.05) is 39.2 Å². The van der Waals surface area contributed by atoms with Gasteiger partial charge in [-0.25, -0.2) is 8.42 Å². The third-order valence-electron chi connectivity index (χ3n) is 6.00. The minimum Gasteiger partial charge on any atom is -0.383 e. The summed E-state index contributed by atoms with van der Waals surface area (Å²) in [5.74, 6) is 0.252. The Labute approximate surface area is 187 Å². The van der Waals surface area contributed by atoms with Gasteiger partial charge >= 0.3 is 0 Å². The molecule has 1 fully saturated rings. The Kier molecular flexibility index (Phi) is 17.1. The predicted octanol–water partition coefficient (Wildman–Crippen LogP) is 5.92. The van der Waals surface area contributed by atoms with Crippen LogP contribution in [0.3, 0.4) is 0 Å². The normalized spacial score (nSPS) is 16.4. The van der Waals surface area contributed by atoms with Crippen LogP contribution in [0.15, 0.2) is 0 Å². The second-order valence-corrected chi connectivity index (χ2v) is 11.0. The first-order valence-electron chi connectivity index (χ1n) is 12.7. The molecule has 0 aromatic rings. The van der Waals surface area contributed by atoms with Crippen LogP contribution in [0.2, 0.25) is 0 Å². The molecule has 0 amide bonds. The van der Waals surface area contributed by atoms with Gasteiger partial charge in [-0.3, -0.25) is 0 Å². The molecular formula is C24H49NO4S. The minimum absolute atomic E-state index is 0.0856. The maximum atomic E-state index is 12.6. The maximum absolute atomic E-state index is 12.6. The molecule has 0 aromatic carbocycles. The third-order valence-corrected chi connectivity index (χ3v) is 7.93. The van der Waals surface area contributed by atoms with E-state index in [1.165, 1.54) is 83.5 Å². The molecule has 0 aromatic heterocycles. The van der Waals surface area contributed by atoms with Crippen LogP contribution in [0.4, 0.5) is 0 Å². The van der Waals surface area contributed by atoms with Gasteiger partial charge in [0.25, 0.3) is 0 Å². The zero-order valence-corrected chi connectivity index (χ0v) is 20.7. The second-order valence-electron chi connectivity index (χ2n) is 8.93. The summed E-state index contributed by atoms with van der Waals surface area (Å²) in [5, 5.41) is 0. The number of nitrogens with zero attached hydrogens (tertiary/aromatic N) is 1. The Hall–Kier alpha value is -0.170. The standard InChI is InChI=1S/C24H49NO4S/c1-3-4-5-6-7-8-9-10-11-12-13-14-15-16-17-18-21-30(26,27)25(19-20-28-2)22-24-23-29-24/h24H,3-23H2,1-2H3. The molecule has 1 aliphatic rings. The Morgan fingerprint density at radius 3 is 1.63 bits per heavy atom. The van der Waals surface area contributed by atoms with Gasteiger partial charge in [-0.1, -0.05) is 103 Å². The summed E-state index contributed by atoms with van der Waals surface area (Å²) >= 11 is 0. The van der Waals surface area contributed by atoms with Crippen molar-refractivity contribution in [1.82, 2.24) is 4.31 Å². The minimum atomic E-state index is -3.20. The van der Waals surface area contributed by atoms with Crippen LogP contribution in [0.1, 0.15) is 110 Å². The fraction of sp³-hybridized carbons (Fsp3) is 1.00. The number of hydrogen-bond acceptors (Lipinski definition) is 4. The molecule has 1 atom stereocenters. The highest BCUT2D eigenvalue weighted by atomic mass is 32.2. The molecule has 5 nitrogen and oxygen atoms in total. The maximum Gasteiger partial charge on any atom is 0.214 e. The van der Waals surface area contributed by atoms with Crippen molar-refractivity contribution in [2.45, 2.75) is 116 Å². The average molecular weight is 448 g/mol. The van der Waals surface area contributed by atoms with Gasteiger partial charge in [0.05, 0.1) is 25.1 Å². The number of epoxide rings is 1. The third kappa shape index (κ3) is 15.6. The molecule has 1 saturated heterocycles. The number of rotatable bonds is 23. The van der Waals surface area contributed by atoms with Crippen molar-refractivity contribution in [1.29, 1.82) is 0 Å². The van der Waals surface area contributed by atoms with E-state index in [0.717, 1.165) is 19.3 Å². The molecule has 0 aliphatic carbocycles. The molecule has 6 heteroatoms. The highest BCUT2D eigenvalue weighted by Gasteiger charge is 2.31. The van der Waals surface area contributed by atoms with E-state index in [2.05, 4.69) is 6.92 Å². The summed E-state index contributed by atoms with van der Waals surface area (Å²) < 4.78 is 36.9. The molecule has 30 heavy (non-hydrogen) atoms. The van der Waals surface area contributed by atoms with E-state index in [0.29, 0.717) is 26.3 Å². The zero-order valence-electron chi connectivity index (χ0n) is 19.9. The number of methoxy groups -OCH3 is 1. The van der Waals surface area contributed by atoms with Gasteiger partial charge in [0, 0.05) is 20.2 Å². The van der Waals surface area contributed by atoms with E-state index in [1.807, 2.05) is 0 Å². The topological polar surface area (TPSA) is 59.1 Å². The first-order valence-corrected chi connectivity index (χ1v) is 14.3. The number of ether oxygens (including phenoxy) is 2. The van der Waals surface area contributed by atoms with Crippen LogP contribution in [-0.4, -0.2) is 58.0 Å². The van der Waals surface area contributed by atoms with Crippen molar-refractivity contribution >= 4 is 10.0 Å². The van der Waals surface area contributed by atoms with Crippen LogP contribution < -0.4 is 0 Å². The summed E-state index contributed by atoms with van der Waals surface area (Å²) in [6.07, 6.45) is 20.9. The molecule has 0 radical (unpaired) electrons. The Balaban J connectivity index is 1.91. The zero-order chi connectivity index (χ0) is 21.9. The van der Waals surface area contributed by atoms with E-state index in [9.17, 15) is 8.42 Å². The van der Waals surface area contributed by atoms with Crippen LogP contribution in [0.5, 0.6) is 0 Å². The van der Waals surface area contributed by atoms with E-state index in [-0.39, 0.29) is 11.9 Å². The smallest absolute Gasteiger partial charge is 0.214 e. The lowest BCUT2D eigenvalue weighted by atomic mass is 10.0. The number of sulfonamides is 1. The fourth-order valence-electron chi connectivity index (χ4n) is 3.90. The Bertz CT molecular complexity index is 480. The van der Waals surface area contributed by atoms with Crippen molar-refractivity contribution in [2.24, 2.45) is 0 Å². The summed E-state index contributed by atoms with van der Waals surface area (Å²) in [4.78, 5) is 0. The molecule has 1 rings (SSSR count). The fourth-order valence-corrected chi connectivity index (χ4v) is 5.47. The Morgan fingerprint density at radius 1 is 0.800 bits per heavy atom. The Morgan fingerprint density at radius 2 is 1.23 bits per heavy atom. The SMILES string of the molecule is CCCCCCCCCCCCCCCCCCS(=O)(=O)N(CCOC)CC1CO1. The van der Waals surface area contributed by atoms with Crippen molar-refractivity contribution < 1.29 is 17.9 Å². The molecule has 180 valence electrons. The highest BCUT2D eigenvalue weighted by Crippen LogP contribution is 2.16. The van der Waals surface area contributed by atoms with Crippen LogP contribution >= 0.6 is 0 Å². The summed E-state index contributed by atoms with van der Waals surface area (Å²) in [6, 6.07) is 0. The van der Waals surface area contributed by atoms with Gasteiger partial charge in [0.1, 0.15) is 0 Å². The molecule has 0 bridgehead atoms. The van der Waals surface area contributed by atoms with Crippen molar-refractivity contribution in [3.63, 3.8) is 0 Å². The monoisotopic (exact) mass is 447 g/mol. The first-order chi connectivity index (χ1) is 14.6. The van der Waals surface area contributed by atoms with Crippen LogP contribution in [0, 0.1) is 0 Å². The average Bonchev–Trinajstić information content (AvgIpc) is 3.55. The predicted molar refractivity (Wildman–Crippen MR) is 127 cm³/mol. The number of hydrogen-bond donors (Lipinski definition) is 0. The van der Waals surface area contributed by atoms with Gasteiger partial charge in [0.2, 0.25) is 10.0 Å². The van der Waals surface area contributed by atoms with Crippen molar-refractivity contribution in [3.05, 3.63) is 0 Å². The molecule has 1 unspecified atom stereocenters. The molecule has 0 saturated carbocycles. The van der Waals surface area contributed by atoms with Crippen LogP contribution in [-0.2, 0) is 19.5 Å². The number of unbranched alkanes of at least 4 members (excludes halogenated alkanes) is 15. The van der Waals surface area contributed by atoms with Gasteiger partial charge in [-0.2, -0.15) is 4.31 Å². The first kappa shape index (κ1) is 27.9. The molecule has 0 N–H and O–H groups in total. The van der Waals surface area contributed by atoms with Gasteiger partial charge in [-0.15, -0.1) is 0 Å².